The predicted octanol–water partition coefficient (Wildman–Crippen LogP) is 21.4. The van der Waals surface area contributed by atoms with Crippen LogP contribution in [-0.2, 0) is 27.1 Å². The van der Waals surface area contributed by atoms with Crippen molar-refractivity contribution in [2.75, 3.05) is 16.5 Å². The van der Waals surface area contributed by atoms with E-state index >= 15 is 0 Å². The fourth-order valence-corrected chi connectivity index (χ4v) is 14.8. The number of aromatic nitrogens is 2. The monoisotopic (exact) mass is 1130 g/mol. The number of para-hydroxylation sites is 4. The van der Waals surface area contributed by atoms with Gasteiger partial charge in [-0.1, -0.05) is 246 Å². The van der Waals surface area contributed by atoms with E-state index in [2.05, 4.69) is 321 Å². The summed E-state index contributed by atoms with van der Waals surface area (Å²) >= 11 is 0. The van der Waals surface area contributed by atoms with Gasteiger partial charge in [0.1, 0.15) is 24.0 Å². The lowest BCUT2D eigenvalue weighted by Gasteiger charge is -2.46. The van der Waals surface area contributed by atoms with E-state index < -0.39 is 5.41 Å². The van der Waals surface area contributed by atoms with E-state index in [4.69, 9.17) is 9.72 Å². The van der Waals surface area contributed by atoms with Gasteiger partial charge in [0.05, 0.1) is 33.5 Å². The van der Waals surface area contributed by atoms with Crippen molar-refractivity contribution in [1.82, 2.24) is 9.55 Å². The third-order valence-corrected chi connectivity index (χ3v) is 19.2. The lowest BCUT2D eigenvalue weighted by molar-refractivity contribution is 0.483. The highest BCUT2D eigenvalue weighted by Gasteiger charge is 2.54. The summed E-state index contributed by atoms with van der Waals surface area (Å²) < 4.78 is 9.23. The van der Waals surface area contributed by atoms with Crippen molar-refractivity contribution in [2.45, 2.75) is 103 Å². The summed E-state index contributed by atoms with van der Waals surface area (Å²) in [7, 11) is 0. The Balaban J connectivity index is 0.896. The zero-order valence-electron chi connectivity index (χ0n) is 51.9. The van der Waals surface area contributed by atoms with Crippen LogP contribution in [0.15, 0.2) is 237 Å². The number of hydrogen-bond acceptors (Lipinski definition) is 4. The van der Waals surface area contributed by atoms with Gasteiger partial charge in [-0.2, -0.15) is 0 Å². The molecule has 428 valence electrons. The van der Waals surface area contributed by atoms with Crippen LogP contribution in [-0.4, -0.2) is 16.2 Å². The summed E-state index contributed by atoms with van der Waals surface area (Å²) in [5.74, 6) is 2.39. The third-order valence-electron chi connectivity index (χ3n) is 19.2. The molecule has 0 N–H and O–H groups in total. The number of fused-ring (bicyclic) bond motifs is 13. The molecule has 2 aromatic heterocycles. The molecule has 2 aliphatic carbocycles. The Kier molecular flexibility index (Phi) is 12.2. The molecule has 87 heavy (non-hydrogen) atoms. The number of ether oxygens (including phenoxy) is 1. The average Bonchev–Trinajstić information content (AvgIpc) is 1.58. The van der Waals surface area contributed by atoms with Crippen LogP contribution in [0.5, 0.6) is 11.5 Å². The average molecular weight is 1130 g/mol. The Morgan fingerprint density at radius 2 is 0.943 bits per heavy atom. The summed E-state index contributed by atoms with van der Waals surface area (Å²) in [6.45, 7) is 26.1. The zero-order valence-corrected chi connectivity index (χ0v) is 51.9. The second-order valence-electron chi connectivity index (χ2n) is 28.0. The molecule has 0 fully saturated rings. The van der Waals surface area contributed by atoms with E-state index in [-0.39, 0.29) is 21.7 Å². The van der Waals surface area contributed by atoms with Crippen LogP contribution in [0.1, 0.15) is 126 Å². The Labute approximate surface area is 513 Å². The van der Waals surface area contributed by atoms with E-state index in [1.807, 2.05) is 6.20 Å². The van der Waals surface area contributed by atoms with E-state index in [0.717, 1.165) is 50.8 Å². The van der Waals surface area contributed by atoms with Crippen LogP contribution in [0.2, 0.25) is 0 Å². The number of pyridine rings is 1. The smallest absolute Gasteiger partial charge is 0.137 e. The molecule has 0 radical (unpaired) electrons. The summed E-state index contributed by atoms with van der Waals surface area (Å²) in [6.07, 6.45) is 2.02. The van der Waals surface area contributed by atoms with Crippen LogP contribution in [0.3, 0.4) is 0 Å². The van der Waals surface area contributed by atoms with Crippen LogP contribution >= 0.6 is 0 Å². The maximum Gasteiger partial charge on any atom is 0.137 e. The van der Waals surface area contributed by atoms with Crippen molar-refractivity contribution < 1.29 is 4.74 Å². The highest BCUT2D eigenvalue weighted by atomic mass is 16.5. The van der Waals surface area contributed by atoms with Crippen molar-refractivity contribution in [3.05, 3.63) is 287 Å². The summed E-state index contributed by atoms with van der Waals surface area (Å²) in [6, 6.07) is 86.3. The van der Waals surface area contributed by atoms with Crippen LogP contribution in [0, 0.1) is 0 Å². The maximum atomic E-state index is 6.97. The molecular formula is C82H74N4O. The predicted molar refractivity (Wildman–Crippen MR) is 364 cm³/mol. The second kappa shape index (κ2) is 19.5. The van der Waals surface area contributed by atoms with Crippen LogP contribution < -0.4 is 14.5 Å². The molecule has 0 saturated carbocycles. The number of rotatable bonds is 7. The first-order chi connectivity index (χ1) is 41.8. The van der Waals surface area contributed by atoms with Crippen molar-refractivity contribution in [3.63, 3.8) is 0 Å². The molecule has 5 heteroatoms. The van der Waals surface area contributed by atoms with Crippen molar-refractivity contribution >= 4 is 44.6 Å². The molecule has 0 saturated heterocycles. The van der Waals surface area contributed by atoms with Crippen molar-refractivity contribution in [1.29, 1.82) is 0 Å². The van der Waals surface area contributed by atoms with Gasteiger partial charge in [0.2, 0.25) is 0 Å². The number of hydrogen-bond donors (Lipinski definition) is 0. The molecule has 1 aliphatic heterocycles. The van der Waals surface area contributed by atoms with Gasteiger partial charge in [0.15, 0.2) is 0 Å². The fraction of sp³-hybridized carbons (Fsp3) is 0.207. The molecule has 1 spiro atoms. The molecule has 15 rings (SSSR count). The lowest BCUT2D eigenvalue weighted by Crippen LogP contribution is -2.40. The highest BCUT2D eigenvalue weighted by molar-refractivity contribution is 6.10. The van der Waals surface area contributed by atoms with Gasteiger partial charge in [-0.3, -0.25) is 4.57 Å². The molecule has 3 aliphatic rings. The first-order valence-electron chi connectivity index (χ1n) is 31.0. The second-order valence-corrected chi connectivity index (χ2v) is 28.0. The zero-order chi connectivity index (χ0) is 59.9. The van der Waals surface area contributed by atoms with E-state index in [9.17, 15) is 0 Å². The van der Waals surface area contributed by atoms with E-state index in [1.165, 1.54) is 94.5 Å². The fourth-order valence-electron chi connectivity index (χ4n) is 14.8. The Hall–Kier alpha value is -9.45. The standard InChI is InChI=1S/C82H74N4O/c1-78(2,3)53-41-44-75(83-50-53)86-71-38-19-13-27-60(71)61-43-42-58(49-74(61)86)87-57-26-22-25-56(48-57)84-51-85(73-40-21-20-39-72(73)84)77-59(52-45-54(79(4,5)6)47-55(46-52)80(7,8)9)29-23-31-63(77)62-30-24-37-70-76(62)64-28-12-14-32-65(64)82(70)68-35-17-15-33-66(68)81(10,11)67-34-16-18-36-69(67)82/h12-50H,51H2,1-11H3. The first-order valence-corrected chi connectivity index (χ1v) is 31.0. The molecule has 0 atom stereocenters. The Bertz CT molecular complexity index is 4670. The molecule has 0 bridgehead atoms. The Morgan fingerprint density at radius 1 is 0.402 bits per heavy atom. The highest BCUT2D eigenvalue weighted by Crippen LogP contribution is 2.64. The first kappa shape index (κ1) is 54.2. The molecule has 5 nitrogen and oxygen atoms in total. The minimum atomic E-state index is -0.533. The SMILES string of the molecule is CC(C)(C)c1ccc(-n2c3ccccc3c3ccc(Oc4cccc(N5CN(c6c(-c7cc(C(C)(C)C)cc(C(C)(C)C)c7)cccc6-c6cccc7c6-c6ccccc6C76c7ccccc7C(C)(C)c7ccccc76)c6ccccc65)c4)cc32)nc1. The minimum Gasteiger partial charge on any atom is -0.457 e. The van der Waals surface area contributed by atoms with Gasteiger partial charge in [0.25, 0.3) is 0 Å². The number of nitrogens with zero attached hydrogens (tertiary/aromatic N) is 4. The molecule has 3 heterocycles. The van der Waals surface area contributed by atoms with Crippen molar-refractivity contribution in [2.24, 2.45) is 0 Å². The van der Waals surface area contributed by atoms with E-state index in [0.29, 0.717) is 6.67 Å². The molecular weight excluding hydrogens is 1060 g/mol. The van der Waals surface area contributed by atoms with Crippen molar-refractivity contribution in [3.8, 4) is 50.7 Å². The topological polar surface area (TPSA) is 33.5 Å². The van der Waals surface area contributed by atoms with Crippen LogP contribution in [0.25, 0.3) is 61.0 Å². The van der Waals surface area contributed by atoms with Crippen LogP contribution in [0.4, 0.5) is 22.7 Å². The third kappa shape index (κ3) is 8.44. The molecule has 0 unspecified atom stereocenters. The summed E-state index contributed by atoms with van der Waals surface area (Å²) in [4.78, 5) is 10.1. The largest absolute Gasteiger partial charge is 0.457 e. The number of benzene rings is 10. The number of anilines is 4. The van der Waals surface area contributed by atoms with Gasteiger partial charge in [-0.15, -0.1) is 0 Å². The minimum absolute atomic E-state index is 0.00486. The van der Waals surface area contributed by atoms with E-state index in [1.54, 1.807) is 0 Å². The molecule has 0 amide bonds. The van der Waals surface area contributed by atoms with Gasteiger partial charge >= 0.3 is 0 Å². The normalized spacial score (nSPS) is 14.7. The molecule has 10 aromatic carbocycles. The lowest BCUT2D eigenvalue weighted by atomic mass is 9.55. The summed E-state index contributed by atoms with van der Waals surface area (Å²) in [5, 5.41) is 2.33. The van der Waals surface area contributed by atoms with Gasteiger partial charge in [0, 0.05) is 51.3 Å². The molecule has 12 aromatic rings. The van der Waals surface area contributed by atoms with Gasteiger partial charge in [-0.05, 0) is 137 Å². The maximum absolute atomic E-state index is 6.97. The van der Waals surface area contributed by atoms with Gasteiger partial charge in [-0.25, -0.2) is 4.98 Å². The quantitative estimate of drug-likeness (QED) is 0.159. The van der Waals surface area contributed by atoms with Gasteiger partial charge < -0.3 is 14.5 Å². The Morgan fingerprint density at radius 3 is 1.62 bits per heavy atom. The summed E-state index contributed by atoms with van der Waals surface area (Å²) in [5.41, 5.74) is 25.1.